The predicted molar refractivity (Wildman–Crippen MR) is 136 cm³/mol. The molecule has 0 aliphatic heterocycles. The minimum Gasteiger partial charge on any atom is -0.217 e. The van der Waals surface area contributed by atoms with Gasteiger partial charge in [0.05, 0.1) is 5.69 Å². The lowest BCUT2D eigenvalue weighted by atomic mass is 9.97. The van der Waals surface area contributed by atoms with Crippen LogP contribution in [0.15, 0.2) is 103 Å². The largest absolute Gasteiger partial charge is 0.224 e. The molecule has 6 rings (SSSR count). The summed E-state index contributed by atoms with van der Waals surface area (Å²) in [5.74, 6) is 0. The second kappa shape index (κ2) is 7.86. The summed E-state index contributed by atoms with van der Waals surface area (Å²) < 4.78 is 1.19. The molecule has 0 N–H and O–H groups in total. The number of rotatable bonds is 3. The number of hydrogen-bond acceptors (Lipinski definition) is 3. The van der Waals surface area contributed by atoms with Crippen molar-refractivity contribution in [1.82, 2.24) is 9.97 Å². The summed E-state index contributed by atoms with van der Waals surface area (Å²) in [5, 5.41) is 2.50. The lowest BCUT2D eigenvalue weighted by Gasteiger charge is -2.09. The van der Waals surface area contributed by atoms with E-state index < -0.39 is 0 Å². The van der Waals surface area contributed by atoms with Gasteiger partial charge >= 0.3 is 0 Å². The van der Waals surface area contributed by atoms with Gasteiger partial charge in [-0.15, -0.1) is 11.3 Å². The third kappa shape index (κ3) is 3.36. The highest BCUT2D eigenvalue weighted by Gasteiger charge is 2.15. The molecule has 0 aliphatic carbocycles. The SMILES string of the molecule is Clc1nc(-c2cccc(-c3ccc(-c4ccccc4)cc3)c2)c2c(n1)sc1ccccc12. The van der Waals surface area contributed by atoms with Crippen LogP contribution in [0.3, 0.4) is 0 Å². The van der Waals surface area contributed by atoms with E-state index >= 15 is 0 Å². The summed E-state index contributed by atoms with van der Waals surface area (Å²) in [6.07, 6.45) is 0. The van der Waals surface area contributed by atoms with E-state index in [4.69, 9.17) is 11.6 Å². The zero-order chi connectivity index (χ0) is 21.5. The number of halogens is 1. The normalized spacial score (nSPS) is 11.3. The average Bonchev–Trinajstić information content (AvgIpc) is 3.22. The molecule has 0 atom stereocenters. The Morgan fingerprint density at radius 3 is 2.00 bits per heavy atom. The van der Waals surface area contributed by atoms with Gasteiger partial charge in [0.15, 0.2) is 0 Å². The van der Waals surface area contributed by atoms with Gasteiger partial charge in [0.1, 0.15) is 4.83 Å². The van der Waals surface area contributed by atoms with E-state index in [0.29, 0.717) is 0 Å². The van der Waals surface area contributed by atoms with Gasteiger partial charge in [-0.1, -0.05) is 91.0 Å². The number of nitrogens with zero attached hydrogens (tertiary/aromatic N) is 2. The van der Waals surface area contributed by atoms with Crippen LogP contribution in [0.4, 0.5) is 0 Å². The highest BCUT2D eigenvalue weighted by Crippen LogP contribution is 2.39. The number of aromatic nitrogens is 2. The molecule has 2 nitrogen and oxygen atoms in total. The molecule has 0 unspecified atom stereocenters. The number of benzene rings is 4. The van der Waals surface area contributed by atoms with Crippen molar-refractivity contribution in [3.05, 3.63) is 108 Å². The summed E-state index contributed by atoms with van der Waals surface area (Å²) in [7, 11) is 0. The molecule has 0 saturated heterocycles. The molecular formula is C28H17ClN2S. The highest BCUT2D eigenvalue weighted by molar-refractivity contribution is 7.25. The highest BCUT2D eigenvalue weighted by atomic mass is 35.5. The van der Waals surface area contributed by atoms with Crippen LogP contribution in [0.2, 0.25) is 5.28 Å². The Kier molecular flexibility index (Phi) is 4.71. The van der Waals surface area contributed by atoms with E-state index in [0.717, 1.165) is 38.0 Å². The maximum Gasteiger partial charge on any atom is 0.224 e. The molecule has 0 aliphatic rings. The van der Waals surface area contributed by atoms with Crippen molar-refractivity contribution >= 4 is 43.2 Å². The molecule has 2 heterocycles. The van der Waals surface area contributed by atoms with E-state index in [9.17, 15) is 0 Å². The van der Waals surface area contributed by atoms with Gasteiger partial charge < -0.3 is 0 Å². The maximum absolute atomic E-state index is 6.32. The van der Waals surface area contributed by atoms with Crippen LogP contribution in [-0.2, 0) is 0 Å². The quantitative estimate of drug-likeness (QED) is 0.253. The van der Waals surface area contributed by atoms with Crippen molar-refractivity contribution in [2.45, 2.75) is 0 Å². The fourth-order valence-corrected chi connectivity index (χ4v) is 5.43. The fourth-order valence-electron chi connectivity index (χ4n) is 4.14. The zero-order valence-electron chi connectivity index (χ0n) is 17.0. The molecule has 6 aromatic rings. The van der Waals surface area contributed by atoms with Crippen LogP contribution in [0, 0.1) is 0 Å². The van der Waals surface area contributed by atoms with E-state index in [1.54, 1.807) is 11.3 Å². The third-order valence-electron chi connectivity index (χ3n) is 5.67. The molecule has 0 fully saturated rings. The molecule has 0 radical (unpaired) electrons. The molecule has 152 valence electrons. The van der Waals surface area contributed by atoms with Crippen molar-refractivity contribution in [1.29, 1.82) is 0 Å². The summed E-state index contributed by atoms with van der Waals surface area (Å²) >= 11 is 7.97. The Labute approximate surface area is 194 Å². The number of fused-ring (bicyclic) bond motifs is 3. The van der Waals surface area contributed by atoms with Crippen LogP contribution >= 0.6 is 22.9 Å². The van der Waals surface area contributed by atoms with Gasteiger partial charge in [0.25, 0.3) is 0 Å². The standard InChI is InChI=1S/C28H17ClN2S/c29-28-30-26(25-23-11-4-5-12-24(23)32-27(25)31-28)22-10-6-9-21(17-22)20-15-13-19(14-16-20)18-7-2-1-3-8-18/h1-17H. The molecule has 0 spiro atoms. The lowest BCUT2D eigenvalue weighted by molar-refractivity contribution is 1.24. The average molecular weight is 449 g/mol. The minimum atomic E-state index is 0.275. The van der Waals surface area contributed by atoms with Crippen LogP contribution in [0.25, 0.3) is 53.8 Å². The third-order valence-corrected chi connectivity index (χ3v) is 6.91. The Hall–Kier alpha value is -3.53. The van der Waals surface area contributed by atoms with Gasteiger partial charge in [-0.3, -0.25) is 0 Å². The van der Waals surface area contributed by atoms with Gasteiger partial charge in [0.2, 0.25) is 5.28 Å². The first-order valence-corrected chi connectivity index (χ1v) is 11.6. The molecule has 32 heavy (non-hydrogen) atoms. The molecule has 0 saturated carbocycles. The predicted octanol–water partition coefficient (Wildman–Crippen LogP) is 8.50. The smallest absolute Gasteiger partial charge is 0.217 e. The first kappa shape index (κ1) is 19.2. The summed E-state index contributed by atoms with van der Waals surface area (Å²) in [6, 6.07) is 35.9. The Morgan fingerprint density at radius 1 is 0.562 bits per heavy atom. The molecule has 2 aromatic heterocycles. The van der Waals surface area contributed by atoms with Crippen molar-refractivity contribution < 1.29 is 0 Å². The van der Waals surface area contributed by atoms with Crippen LogP contribution in [0.5, 0.6) is 0 Å². The first-order chi connectivity index (χ1) is 15.8. The van der Waals surface area contributed by atoms with E-state index in [-0.39, 0.29) is 5.28 Å². The van der Waals surface area contributed by atoms with Crippen LogP contribution in [-0.4, -0.2) is 9.97 Å². The van der Waals surface area contributed by atoms with Crippen molar-refractivity contribution in [2.75, 3.05) is 0 Å². The van der Waals surface area contributed by atoms with E-state index in [2.05, 4.69) is 101 Å². The Balaban J connectivity index is 1.46. The number of thiophene rings is 1. The summed E-state index contributed by atoms with van der Waals surface area (Å²) in [5.41, 5.74) is 6.64. The van der Waals surface area contributed by atoms with Crippen LogP contribution < -0.4 is 0 Å². The fraction of sp³-hybridized carbons (Fsp3) is 0. The van der Waals surface area contributed by atoms with Crippen molar-refractivity contribution in [3.8, 4) is 33.5 Å². The first-order valence-electron chi connectivity index (χ1n) is 10.4. The second-order valence-electron chi connectivity index (χ2n) is 7.64. The van der Waals surface area contributed by atoms with Gasteiger partial charge in [0, 0.05) is 21.0 Å². The zero-order valence-corrected chi connectivity index (χ0v) is 18.6. The lowest BCUT2D eigenvalue weighted by Crippen LogP contribution is -1.90. The molecule has 4 aromatic carbocycles. The second-order valence-corrected chi connectivity index (χ2v) is 9.01. The summed E-state index contributed by atoms with van der Waals surface area (Å²) in [4.78, 5) is 10.1. The number of hydrogen-bond donors (Lipinski definition) is 0. The van der Waals surface area contributed by atoms with Gasteiger partial charge in [-0.2, -0.15) is 0 Å². The van der Waals surface area contributed by atoms with Crippen molar-refractivity contribution in [2.24, 2.45) is 0 Å². The topological polar surface area (TPSA) is 25.8 Å². The summed E-state index contributed by atoms with van der Waals surface area (Å²) in [6.45, 7) is 0. The molecule has 0 amide bonds. The van der Waals surface area contributed by atoms with Gasteiger partial charge in [-0.25, -0.2) is 9.97 Å². The molecule has 0 bridgehead atoms. The molecular weight excluding hydrogens is 432 g/mol. The van der Waals surface area contributed by atoms with E-state index in [1.807, 2.05) is 12.1 Å². The minimum absolute atomic E-state index is 0.275. The van der Waals surface area contributed by atoms with Crippen molar-refractivity contribution in [3.63, 3.8) is 0 Å². The Bertz CT molecular complexity index is 1570. The monoisotopic (exact) mass is 448 g/mol. The van der Waals surface area contributed by atoms with E-state index in [1.165, 1.54) is 15.8 Å². The van der Waals surface area contributed by atoms with Gasteiger partial charge in [-0.05, 0) is 46.0 Å². The Morgan fingerprint density at radius 2 is 1.19 bits per heavy atom. The van der Waals surface area contributed by atoms with Crippen LogP contribution in [0.1, 0.15) is 0 Å². The maximum atomic E-state index is 6.32. The molecule has 4 heteroatoms.